The highest BCUT2D eigenvalue weighted by molar-refractivity contribution is 6.19. The molecule has 10 aromatic carbocycles. The normalized spacial score (nSPS) is 13.2. The maximum absolute atomic E-state index is 8.98. The van der Waals surface area contributed by atoms with Gasteiger partial charge in [0.25, 0.3) is 0 Å². The summed E-state index contributed by atoms with van der Waals surface area (Å²) in [5.74, 6) is 1.78. The summed E-state index contributed by atoms with van der Waals surface area (Å²) < 4.78 is 6.74. The minimum atomic E-state index is -0.618. The smallest absolute Gasteiger partial charge is 0.132 e. The summed E-state index contributed by atoms with van der Waals surface area (Å²) in [6, 6.07) is 80.1. The highest BCUT2D eigenvalue weighted by atomic mass is 16.5. The fourth-order valence-corrected chi connectivity index (χ4v) is 10.3. The van der Waals surface area contributed by atoms with E-state index in [4.69, 9.17) is 10.1 Å². The van der Waals surface area contributed by atoms with Crippen molar-refractivity contribution in [2.24, 2.45) is 0 Å². The van der Waals surface area contributed by atoms with Gasteiger partial charge in [0.15, 0.2) is 0 Å². The Balaban J connectivity index is 0.978. The van der Waals surface area contributed by atoms with E-state index in [1.54, 1.807) is 0 Å². The van der Waals surface area contributed by atoms with E-state index in [-0.39, 0.29) is 0 Å². The number of hydrogen-bond donors (Lipinski definition) is 2. The molecule has 2 N–H and O–H groups in total. The zero-order valence-electron chi connectivity index (χ0n) is 35.1. The quantitative estimate of drug-likeness (QED) is 0.118. The lowest BCUT2D eigenvalue weighted by Crippen LogP contribution is -2.32. The Morgan fingerprint density at radius 1 is 0.453 bits per heavy atom. The second kappa shape index (κ2) is 15.3. The fraction of sp³-hybridized carbons (Fsp3) is 0.0328. The van der Waals surface area contributed by atoms with Crippen LogP contribution in [0.5, 0.6) is 11.5 Å². The van der Waals surface area contributed by atoms with Crippen LogP contribution in [0, 0.1) is 5.41 Å². The molecule has 0 atom stereocenters. The van der Waals surface area contributed by atoms with Gasteiger partial charge in [-0.15, -0.1) is 0 Å². The molecule has 2 aliphatic rings. The predicted octanol–water partition coefficient (Wildman–Crippen LogP) is 15.0. The third kappa shape index (κ3) is 6.00. The number of allylic oxidation sites excluding steroid dienone is 1. The van der Waals surface area contributed by atoms with E-state index >= 15 is 0 Å². The van der Waals surface area contributed by atoms with Gasteiger partial charge in [-0.3, -0.25) is 0 Å². The zero-order chi connectivity index (χ0) is 42.6. The monoisotopic (exact) mass is 818 g/mol. The van der Waals surface area contributed by atoms with E-state index in [1.807, 2.05) is 42.5 Å². The van der Waals surface area contributed by atoms with Crippen LogP contribution >= 0.6 is 0 Å². The van der Waals surface area contributed by atoms with Gasteiger partial charge in [-0.05, 0) is 113 Å². The Morgan fingerprint density at radius 2 is 0.984 bits per heavy atom. The minimum absolute atomic E-state index is 0.458. The molecule has 0 bridgehead atoms. The highest BCUT2D eigenvalue weighted by Gasteiger charge is 2.52. The van der Waals surface area contributed by atoms with Crippen molar-refractivity contribution in [2.45, 2.75) is 12.0 Å². The van der Waals surface area contributed by atoms with E-state index < -0.39 is 5.41 Å². The van der Waals surface area contributed by atoms with Crippen LogP contribution in [0.15, 0.2) is 231 Å². The van der Waals surface area contributed by atoms with Gasteiger partial charge in [0.1, 0.15) is 11.5 Å². The minimum Gasteiger partial charge on any atom is -0.457 e. The topological polar surface area (TPSA) is 45.1 Å². The summed E-state index contributed by atoms with van der Waals surface area (Å²) in [5, 5.41) is 17.7. The lowest BCUT2D eigenvalue weighted by atomic mass is 9.64. The zero-order valence-corrected chi connectivity index (χ0v) is 35.1. The van der Waals surface area contributed by atoms with E-state index in [2.05, 4.69) is 193 Å². The summed E-state index contributed by atoms with van der Waals surface area (Å²) in [6.45, 7) is 0.650. The van der Waals surface area contributed by atoms with E-state index in [9.17, 15) is 0 Å². The lowest BCUT2D eigenvalue weighted by Gasteiger charge is -2.40. The molecule has 0 fully saturated rings. The molecule has 64 heavy (non-hydrogen) atoms. The number of ether oxygens (including phenoxy) is 1. The maximum atomic E-state index is 8.98. The van der Waals surface area contributed by atoms with E-state index in [0.29, 0.717) is 12.3 Å². The Labute approximate surface area is 373 Å². The summed E-state index contributed by atoms with van der Waals surface area (Å²) in [7, 11) is 0. The summed E-state index contributed by atoms with van der Waals surface area (Å²) >= 11 is 0. The van der Waals surface area contributed by atoms with Crippen LogP contribution in [-0.4, -0.2) is 5.71 Å². The average Bonchev–Trinajstić information content (AvgIpc) is 3.67. The van der Waals surface area contributed by atoms with Gasteiger partial charge in [-0.25, -0.2) is 0 Å². The molecule has 3 heteroatoms. The van der Waals surface area contributed by atoms with Crippen molar-refractivity contribution < 1.29 is 4.74 Å². The van der Waals surface area contributed by atoms with Crippen LogP contribution in [-0.2, 0) is 12.0 Å². The molecule has 12 rings (SSSR count). The second-order valence-corrected chi connectivity index (χ2v) is 16.8. The molecule has 1 heterocycles. The van der Waals surface area contributed by atoms with Crippen LogP contribution in [0.2, 0.25) is 0 Å². The number of nitrogens with one attached hydrogen (secondary N) is 2. The molecular weight excluding hydrogens is 777 g/mol. The largest absolute Gasteiger partial charge is 0.457 e. The molecule has 0 unspecified atom stereocenters. The molecule has 3 nitrogen and oxygen atoms in total. The number of fused-ring (bicyclic) bond motifs is 14. The third-order valence-electron chi connectivity index (χ3n) is 13.2. The highest BCUT2D eigenvalue weighted by Crippen LogP contribution is 2.65. The van der Waals surface area contributed by atoms with Crippen molar-refractivity contribution in [2.75, 3.05) is 0 Å². The van der Waals surface area contributed by atoms with Crippen LogP contribution in [0.25, 0.3) is 60.6 Å². The van der Waals surface area contributed by atoms with Crippen molar-refractivity contribution in [1.82, 2.24) is 5.32 Å². The molecule has 10 aromatic rings. The Hall–Kier alpha value is -8.27. The Kier molecular flexibility index (Phi) is 8.94. The van der Waals surface area contributed by atoms with Crippen LogP contribution in [0.4, 0.5) is 0 Å². The van der Waals surface area contributed by atoms with Gasteiger partial charge >= 0.3 is 0 Å². The molecule has 1 spiro atoms. The first-order valence-electron chi connectivity index (χ1n) is 22.0. The van der Waals surface area contributed by atoms with Gasteiger partial charge in [0.05, 0.1) is 11.1 Å². The summed E-state index contributed by atoms with van der Waals surface area (Å²) in [5.41, 5.74) is 15.8. The molecule has 0 radical (unpaired) electrons. The molecule has 1 aliphatic carbocycles. The second-order valence-electron chi connectivity index (χ2n) is 16.8. The van der Waals surface area contributed by atoms with Gasteiger partial charge in [-0.2, -0.15) is 0 Å². The molecule has 0 saturated carbocycles. The molecular formula is C61H42N2O. The van der Waals surface area contributed by atoms with Crippen molar-refractivity contribution >= 4 is 33.0 Å². The average molecular weight is 819 g/mol. The number of para-hydroxylation sites is 2. The van der Waals surface area contributed by atoms with E-state index in [1.165, 1.54) is 49.4 Å². The third-order valence-corrected chi connectivity index (χ3v) is 13.2. The van der Waals surface area contributed by atoms with Crippen LogP contribution < -0.4 is 10.1 Å². The Morgan fingerprint density at radius 3 is 1.67 bits per heavy atom. The first-order valence-corrected chi connectivity index (χ1v) is 22.0. The van der Waals surface area contributed by atoms with Crippen molar-refractivity contribution in [1.29, 1.82) is 5.41 Å². The number of benzene rings is 10. The number of hydrogen-bond acceptors (Lipinski definition) is 3. The summed E-state index contributed by atoms with van der Waals surface area (Å²) in [6.07, 6.45) is 1.94. The van der Waals surface area contributed by atoms with E-state index in [0.717, 1.165) is 61.7 Å². The van der Waals surface area contributed by atoms with Crippen LogP contribution in [0.3, 0.4) is 0 Å². The summed E-state index contributed by atoms with van der Waals surface area (Å²) in [4.78, 5) is 0. The van der Waals surface area contributed by atoms with Crippen molar-refractivity contribution in [3.8, 4) is 44.9 Å². The first kappa shape index (κ1) is 37.5. The number of rotatable bonds is 8. The SMILES string of the molecule is N=C(/C=C(\NCc1ccccc1)c1cccc(-c2ccc(-c3ccc4c(c3)C3(c5ccccc5Oc5ccccc53)c3c-4c4ccccc4c4ccccc34)cc2)c1)c1ccccc1. The lowest BCUT2D eigenvalue weighted by molar-refractivity contribution is 0.437. The standard InChI is InChI=1S/C61H42N2O/c62-55(43-18-5-2-6-19-43)38-56(63-39-40-16-3-1-4-17-40)46-21-15-20-44(36-46)41-30-32-42(33-31-41)45-34-35-51-54(37-45)61(52-26-11-13-28-57(52)64-58-29-14-12-27-53(58)61)60-50-25-10-8-23-48(50)47-22-7-9-24-49(47)59(51)60/h1-38,62-63H,39H2/b56-38-,62-55?. The maximum Gasteiger partial charge on any atom is 0.132 e. The molecule has 0 amide bonds. The molecule has 302 valence electrons. The van der Waals surface area contributed by atoms with Gasteiger partial charge in [0.2, 0.25) is 0 Å². The predicted molar refractivity (Wildman–Crippen MR) is 264 cm³/mol. The van der Waals surface area contributed by atoms with Crippen molar-refractivity contribution in [3.63, 3.8) is 0 Å². The molecule has 0 saturated heterocycles. The molecule has 1 aliphatic heterocycles. The van der Waals surface area contributed by atoms with Crippen LogP contribution in [0.1, 0.15) is 38.9 Å². The Bertz CT molecular complexity index is 3430. The van der Waals surface area contributed by atoms with Gasteiger partial charge in [0, 0.05) is 23.4 Å². The molecule has 0 aromatic heterocycles. The fourth-order valence-electron chi connectivity index (χ4n) is 10.3. The van der Waals surface area contributed by atoms with Gasteiger partial charge in [-0.1, -0.05) is 200 Å². The van der Waals surface area contributed by atoms with Gasteiger partial charge < -0.3 is 15.5 Å². The first-order chi connectivity index (χ1) is 31.6. The van der Waals surface area contributed by atoms with Crippen molar-refractivity contribution in [3.05, 3.63) is 269 Å².